The zero-order chi connectivity index (χ0) is 20.8. The van der Waals surface area contributed by atoms with Crippen molar-refractivity contribution in [3.05, 3.63) is 48.0 Å². The van der Waals surface area contributed by atoms with Crippen LogP contribution in [0.2, 0.25) is 0 Å². The lowest BCUT2D eigenvalue weighted by Gasteiger charge is -2.17. The number of ether oxygens (including phenoxy) is 1. The van der Waals surface area contributed by atoms with Crippen molar-refractivity contribution in [3.63, 3.8) is 0 Å². The monoisotopic (exact) mass is 426 g/mol. The van der Waals surface area contributed by atoms with Crippen LogP contribution >= 0.6 is 0 Å². The van der Waals surface area contributed by atoms with Gasteiger partial charge in [0.05, 0.1) is 4.90 Å². The van der Waals surface area contributed by atoms with Crippen molar-refractivity contribution in [1.82, 2.24) is 0 Å². The Balaban J connectivity index is 1.50. The number of anilines is 2. The molecule has 2 aromatic carbocycles. The summed E-state index contributed by atoms with van der Waals surface area (Å²) in [6, 6.07) is 8.98. The molecular formula is C19H17F3N2O4S. The molecule has 6 nitrogen and oxygen atoms in total. The van der Waals surface area contributed by atoms with Crippen molar-refractivity contribution >= 4 is 27.3 Å². The average molecular weight is 426 g/mol. The van der Waals surface area contributed by atoms with Crippen molar-refractivity contribution in [3.8, 4) is 5.75 Å². The molecule has 2 aliphatic rings. The number of carbonyl (C=O) groups excluding carboxylic acids is 1. The summed E-state index contributed by atoms with van der Waals surface area (Å²) in [4.78, 5) is 14.0. The summed E-state index contributed by atoms with van der Waals surface area (Å²) in [5, 5.41) is 0. The highest BCUT2D eigenvalue weighted by atomic mass is 32.2. The van der Waals surface area contributed by atoms with Gasteiger partial charge in [0, 0.05) is 23.8 Å². The second-order valence-corrected chi connectivity index (χ2v) is 8.66. The van der Waals surface area contributed by atoms with E-state index >= 15 is 0 Å². The Kier molecular flexibility index (Phi) is 4.68. The van der Waals surface area contributed by atoms with Crippen molar-refractivity contribution in [1.29, 1.82) is 0 Å². The van der Waals surface area contributed by atoms with Crippen LogP contribution in [0, 0.1) is 5.92 Å². The van der Waals surface area contributed by atoms with Crippen LogP contribution in [-0.2, 0) is 21.2 Å². The number of benzene rings is 2. The molecule has 4 rings (SSSR count). The number of carbonyl (C=O) groups is 1. The Hall–Kier alpha value is -2.75. The van der Waals surface area contributed by atoms with Crippen LogP contribution in [0.15, 0.2) is 47.4 Å². The van der Waals surface area contributed by atoms with E-state index in [4.69, 9.17) is 0 Å². The maximum Gasteiger partial charge on any atom is 0.573 e. The third kappa shape index (κ3) is 4.31. The Morgan fingerprint density at radius 3 is 2.41 bits per heavy atom. The number of rotatable bonds is 5. The van der Waals surface area contributed by atoms with Gasteiger partial charge in [0.2, 0.25) is 5.91 Å². The van der Waals surface area contributed by atoms with Crippen molar-refractivity contribution in [2.75, 3.05) is 16.2 Å². The van der Waals surface area contributed by atoms with Gasteiger partial charge in [0.25, 0.3) is 10.0 Å². The number of fused-ring (bicyclic) bond motifs is 1. The molecule has 1 aliphatic heterocycles. The first-order valence-corrected chi connectivity index (χ1v) is 10.4. The molecule has 0 aromatic heterocycles. The van der Waals surface area contributed by atoms with Crippen molar-refractivity contribution in [2.45, 2.75) is 30.5 Å². The minimum atomic E-state index is -4.82. The van der Waals surface area contributed by atoms with Gasteiger partial charge in [-0.25, -0.2) is 8.42 Å². The van der Waals surface area contributed by atoms with Gasteiger partial charge in [0.1, 0.15) is 5.75 Å². The predicted molar refractivity (Wildman–Crippen MR) is 99.2 cm³/mol. The van der Waals surface area contributed by atoms with Crippen LogP contribution in [0.4, 0.5) is 24.5 Å². The molecule has 1 saturated carbocycles. The van der Waals surface area contributed by atoms with Gasteiger partial charge in [-0.05, 0) is 67.3 Å². The topological polar surface area (TPSA) is 75.7 Å². The molecule has 1 aliphatic carbocycles. The number of amides is 1. The fraction of sp³-hybridized carbons (Fsp3) is 0.316. The first-order chi connectivity index (χ1) is 13.6. The second kappa shape index (κ2) is 6.94. The van der Waals surface area contributed by atoms with Crippen LogP contribution < -0.4 is 14.4 Å². The summed E-state index contributed by atoms with van der Waals surface area (Å²) in [7, 11) is -3.94. The molecule has 1 N–H and O–H groups in total. The molecule has 1 amide bonds. The first kappa shape index (κ1) is 19.6. The van der Waals surface area contributed by atoms with E-state index in [1.807, 2.05) is 0 Å². The summed E-state index contributed by atoms with van der Waals surface area (Å²) in [6.45, 7) is 0.530. The molecule has 1 heterocycles. The molecule has 0 bridgehead atoms. The third-order valence-electron chi connectivity index (χ3n) is 4.79. The van der Waals surface area contributed by atoms with E-state index < -0.39 is 22.1 Å². The van der Waals surface area contributed by atoms with Crippen LogP contribution in [-0.4, -0.2) is 27.2 Å². The van der Waals surface area contributed by atoms with E-state index in [1.165, 1.54) is 24.3 Å². The highest BCUT2D eigenvalue weighted by molar-refractivity contribution is 7.92. The van der Waals surface area contributed by atoms with Crippen molar-refractivity contribution in [2.24, 2.45) is 5.92 Å². The van der Waals surface area contributed by atoms with E-state index in [2.05, 4.69) is 9.46 Å². The van der Waals surface area contributed by atoms with Crippen LogP contribution in [0.3, 0.4) is 0 Å². The Morgan fingerprint density at radius 1 is 1.10 bits per heavy atom. The Morgan fingerprint density at radius 2 is 1.79 bits per heavy atom. The minimum Gasteiger partial charge on any atom is -0.406 e. The SMILES string of the molecule is O=C(C1CC1)N1CCc2cc(S(=O)(=O)Nc3ccc(OC(F)(F)F)cc3)ccc21. The van der Waals surface area contributed by atoms with E-state index in [0.29, 0.717) is 13.0 Å². The van der Waals surface area contributed by atoms with Crippen LogP contribution in [0.25, 0.3) is 0 Å². The predicted octanol–water partition coefficient (Wildman–Crippen LogP) is 3.69. The largest absolute Gasteiger partial charge is 0.573 e. The van der Waals surface area contributed by atoms with Gasteiger partial charge in [-0.1, -0.05) is 0 Å². The van der Waals surface area contributed by atoms with Crippen molar-refractivity contribution < 1.29 is 31.1 Å². The lowest BCUT2D eigenvalue weighted by atomic mass is 10.2. The molecule has 10 heteroatoms. The zero-order valence-corrected chi connectivity index (χ0v) is 15.9. The maximum absolute atomic E-state index is 12.6. The molecule has 0 spiro atoms. The molecule has 1 fully saturated rings. The van der Waals surface area contributed by atoms with E-state index in [0.717, 1.165) is 36.2 Å². The third-order valence-corrected chi connectivity index (χ3v) is 6.17. The normalized spacial score (nSPS) is 16.4. The maximum atomic E-state index is 12.6. The van der Waals surface area contributed by atoms with E-state index in [-0.39, 0.29) is 22.4 Å². The average Bonchev–Trinajstić information content (AvgIpc) is 3.40. The second-order valence-electron chi connectivity index (χ2n) is 6.98. The van der Waals surface area contributed by atoms with E-state index in [9.17, 15) is 26.4 Å². The smallest absolute Gasteiger partial charge is 0.406 e. The molecule has 0 saturated heterocycles. The number of alkyl halides is 3. The number of nitrogens with zero attached hydrogens (tertiary/aromatic N) is 1. The summed E-state index contributed by atoms with van der Waals surface area (Å²) >= 11 is 0. The molecule has 0 atom stereocenters. The van der Waals surface area contributed by atoms with Gasteiger partial charge >= 0.3 is 6.36 Å². The fourth-order valence-corrected chi connectivity index (χ4v) is 4.37. The molecular weight excluding hydrogens is 409 g/mol. The minimum absolute atomic E-state index is 0.0209. The van der Waals surface area contributed by atoms with Gasteiger partial charge < -0.3 is 9.64 Å². The number of halogens is 3. The number of nitrogens with one attached hydrogen (secondary N) is 1. The highest BCUT2D eigenvalue weighted by Gasteiger charge is 2.36. The molecule has 0 radical (unpaired) electrons. The van der Waals surface area contributed by atoms with Gasteiger partial charge in [0.15, 0.2) is 0 Å². The quantitative estimate of drug-likeness (QED) is 0.792. The lowest BCUT2D eigenvalue weighted by Crippen LogP contribution is -2.30. The molecule has 154 valence electrons. The van der Waals surface area contributed by atoms with Crippen LogP contribution in [0.1, 0.15) is 18.4 Å². The van der Waals surface area contributed by atoms with E-state index in [1.54, 1.807) is 11.0 Å². The lowest BCUT2D eigenvalue weighted by molar-refractivity contribution is -0.274. The summed E-state index contributed by atoms with van der Waals surface area (Å²) in [6.07, 6.45) is -2.46. The Labute approximate surface area is 165 Å². The molecule has 29 heavy (non-hydrogen) atoms. The van der Waals surface area contributed by atoms with Gasteiger partial charge in [-0.15, -0.1) is 13.2 Å². The van der Waals surface area contributed by atoms with Gasteiger partial charge in [-0.3, -0.25) is 9.52 Å². The molecule has 2 aromatic rings. The number of sulfonamides is 1. The Bertz CT molecular complexity index is 1050. The summed E-state index contributed by atoms with van der Waals surface area (Å²) in [5.41, 5.74) is 1.61. The van der Waals surface area contributed by atoms with Gasteiger partial charge in [-0.2, -0.15) is 0 Å². The summed E-state index contributed by atoms with van der Waals surface area (Å²) < 4.78 is 68.0. The first-order valence-electron chi connectivity index (χ1n) is 8.95. The standard InChI is InChI=1S/C19H17F3N2O4S/c20-19(21,22)28-15-5-3-14(4-6-15)23-29(26,27)16-7-8-17-13(11-16)9-10-24(17)18(25)12-1-2-12/h3-8,11-12,23H,1-2,9-10H2. The van der Waals surface area contributed by atoms with Crippen LogP contribution in [0.5, 0.6) is 5.75 Å². The highest BCUT2D eigenvalue weighted by Crippen LogP contribution is 2.37. The number of hydrogen-bond donors (Lipinski definition) is 1. The molecule has 0 unspecified atom stereocenters. The zero-order valence-electron chi connectivity index (χ0n) is 15.1. The number of hydrogen-bond acceptors (Lipinski definition) is 4. The fourth-order valence-electron chi connectivity index (χ4n) is 3.26. The summed E-state index contributed by atoms with van der Waals surface area (Å²) in [5.74, 6) is -0.285.